The van der Waals surface area contributed by atoms with Gasteiger partial charge in [-0.15, -0.1) is 0 Å². The maximum Gasteiger partial charge on any atom is 0.0169 e. The lowest BCUT2D eigenvalue weighted by Crippen LogP contribution is -2.33. The lowest BCUT2D eigenvalue weighted by molar-refractivity contribution is 0.262. The summed E-state index contributed by atoms with van der Waals surface area (Å²) in [4.78, 5) is 2.63. The van der Waals surface area contributed by atoms with Gasteiger partial charge in [0.15, 0.2) is 0 Å². The Labute approximate surface area is 158 Å². The predicted octanol–water partition coefficient (Wildman–Crippen LogP) is 5.97. The summed E-state index contributed by atoms with van der Waals surface area (Å²) in [6, 6.07) is 19.7. The van der Waals surface area contributed by atoms with E-state index >= 15 is 0 Å². The highest BCUT2D eigenvalue weighted by Gasteiger charge is 2.20. The van der Waals surface area contributed by atoms with E-state index in [1.807, 2.05) is 0 Å². The fraction of sp³-hybridized carbons (Fsp3) is 0.360. The minimum absolute atomic E-state index is 0.699. The molecule has 26 heavy (non-hydrogen) atoms. The highest BCUT2D eigenvalue weighted by molar-refractivity contribution is 5.69. The van der Waals surface area contributed by atoms with Crippen molar-refractivity contribution in [1.82, 2.24) is 4.90 Å². The number of hydrogen-bond acceptors (Lipinski definition) is 1. The van der Waals surface area contributed by atoms with Gasteiger partial charge in [-0.1, -0.05) is 66.7 Å². The zero-order valence-electron chi connectivity index (χ0n) is 15.8. The van der Waals surface area contributed by atoms with Crippen LogP contribution >= 0.6 is 0 Å². The number of allylic oxidation sites excluding steroid dienone is 1. The van der Waals surface area contributed by atoms with E-state index in [0.717, 1.165) is 6.54 Å². The van der Waals surface area contributed by atoms with Crippen molar-refractivity contribution >= 4 is 11.1 Å². The van der Waals surface area contributed by atoms with Crippen LogP contribution < -0.4 is 0 Å². The van der Waals surface area contributed by atoms with Gasteiger partial charge in [-0.2, -0.15) is 0 Å². The summed E-state index contributed by atoms with van der Waals surface area (Å²) < 4.78 is 0. The summed E-state index contributed by atoms with van der Waals surface area (Å²) in [5.41, 5.74) is 7.35. The molecule has 1 heterocycles. The van der Waals surface area contributed by atoms with E-state index in [9.17, 15) is 0 Å². The second-order valence-corrected chi connectivity index (χ2v) is 7.76. The molecule has 4 rings (SSSR count). The van der Waals surface area contributed by atoms with Crippen molar-refractivity contribution in [2.45, 2.75) is 32.6 Å². The zero-order chi connectivity index (χ0) is 17.8. The monoisotopic (exact) mass is 343 g/mol. The predicted molar refractivity (Wildman–Crippen MR) is 112 cm³/mol. The third kappa shape index (κ3) is 3.99. The molecule has 0 spiro atoms. The summed E-state index contributed by atoms with van der Waals surface area (Å²) in [7, 11) is 0. The second-order valence-electron chi connectivity index (χ2n) is 7.76. The lowest BCUT2D eigenvalue weighted by atomic mass is 9.85. The largest absolute Gasteiger partial charge is 0.299 e. The molecule has 0 fully saturated rings. The first-order valence-corrected chi connectivity index (χ1v) is 10.0. The first kappa shape index (κ1) is 17.3. The Bertz CT molecular complexity index is 800. The number of nitrogens with zero attached hydrogens (tertiary/aromatic N) is 1. The standard InChI is InChI=1S/C25H29N/c1-20-8-5-6-13-25(20)24-12-7-9-21(18-24)19-26-16-14-23(15-17-26)22-10-3-2-4-11-22/h2-6,8,10-11,13-14,18,21H,7,9,12,15-17,19H2,1H3. The number of benzene rings is 2. The van der Waals surface area contributed by atoms with Gasteiger partial charge < -0.3 is 0 Å². The third-order valence-corrected chi connectivity index (χ3v) is 5.88. The van der Waals surface area contributed by atoms with Crippen molar-refractivity contribution < 1.29 is 0 Å². The molecular formula is C25H29N. The van der Waals surface area contributed by atoms with Crippen LogP contribution in [0.1, 0.15) is 42.4 Å². The molecule has 0 radical (unpaired) electrons. The summed E-state index contributed by atoms with van der Waals surface area (Å²) >= 11 is 0. The highest BCUT2D eigenvalue weighted by atomic mass is 15.1. The van der Waals surface area contributed by atoms with Crippen molar-refractivity contribution in [3.63, 3.8) is 0 Å². The molecule has 2 aromatic rings. The van der Waals surface area contributed by atoms with Crippen molar-refractivity contribution in [1.29, 1.82) is 0 Å². The van der Waals surface area contributed by atoms with E-state index < -0.39 is 0 Å². The highest BCUT2D eigenvalue weighted by Crippen LogP contribution is 2.32. The van der Waals surface area contributed by atoms with E-state index in [4.69, 9.17) is 0 Å². The fourth-order valence-electron chi connectivity index (χ4n) is 4.43. The van der Waals surface area contributed by atoms with Crippen LogP contribution in [0.2, 0.25) is 0 Å². The molecule has 134 valence electrons. The Balaban J connectivity index is 1.41. The van der Waals surface area contributed by atoms with Gasteiger partial charge in [-0.25, -0.2) is 0 Å². The Morgan fingerprint density at radius 1 is 0.923 bits per heavy atom. The van der Waals surface area contributed by atoms with Gasteiger partial charge in [0.2, 0.25) is 0 Å². The van der Waals surface area contributed by atoms with Crippen LogP contribution in [-0.2, 0) is 0 Å². The topological polar surface area (TPSA) is 3.24 Å². The van der Waals surface area contributed by atoms with Crippen molar-refractivity contribution in [3.05, 3.63) is 83.4 Å². The third-order valence-electron chi connectivity index (χ3n) is 5.88. The van der Waals surface area contributed by atoms with E-state index in [2.05, 4.69) is 78.6 Å². The Morgan fingerprint density at radius 2 is 1.73 bits per heavy atom. The van der Waals surface area contributed by atoms with Crippen LogP contribution in [0.15, 0.2) is 66.7 Å². The molecule has 1 heteroatoms. The molecular weight excluding hydrogens is 314 g/mol. The van der Waals surface area contributed by atoms with Gasteiger partial charge in [-0.3, -0.25) is 4.90 Å². The molecule has 0 saturated carbocycles. The normalized spacial score (nSPS) is 21.2. The molecule has 1 unspecified atom stereocenters. The summed E-state index contributed by atoms with van der Waals surface area (Å²) in [6.45, 7) is 5.72. The maximum atomic E-state index is 2.63. The minimum atomic E-state index is 0.699. The smallest absolute Gasteiger partial charge is 0.0169 e. The summed E-state index contributed by atoms with van der Waals surface area (Å²) in [5, 5.41) is 0. The molecule has 2 aromatic carbocycles. The van der Waals surface area contributed by atoms with Crippen LogP contribution in [0.4, 0.5) is 0 Å². The van der Waals surface area contributed by atoms with E-state index in [1.165, 1.54) is 61.0 Å². The van der Waals surface area contributed by atoms with Crippen LogP contribution in [0.25, 0.3) is 11.1 Å². The van der Waals surface area contributed by atoms with Gasteiger partial charge in [0.1, 0.15) is 0 Å². The summed E-state index contributed by atoms with van der Waals surface area (Å²) in [6.07, 6.45) is 10.1. The van der Waals surface area contributed by atoms with Crippen LogP contribution in [-0.4, -0.2) is 24.5 Å². The summed E-state index contributed by atoms with van der Waals surface area (Å²) in [5.74, 6) is 0.699. The molecule has 1 aliphatic heterocycles. The molecule has 0 N–H and O–H groups in total. The molecule has 2 aliphatic rings. The van der Waals surface area contributed by atoms with Gasteiger partial charge in [-0.05, 0) is 66.4 Å². The number of rotatable bonds is 4. The molecule has 0 bridgehead atoms. The first-order chi connectivity index (χ1) is 12.8. The Hall–Kier alpha value is -2.12. The molecule has 0 saturated heterocycles. The fourth-order valence-corrected chi connectivity index (χ4v) is 4.43. The molecule has 1 atom stereocenters. The van der Waals surface area contributed by atoms with Crippen molar-refractivity contribution in [2.75, 3.05) is 19.6 Å². The first-order valence-electron chi connectivity index (χ1n) is 10.0. The zero-order valence-corrected chi connectivity index (χ0v) is 15.8. The number of aryl methyl sites for hydroxylation is 1. The van der Waals surface area contributed by atoms with Gasteiger partial charge >= 0.3 is 0 Å². The second kappa shape index (κ2) is 8.05. The minimum Gasteiger partial charge on any atom is -0.299 e. The van der Waals surface area contributed by atoms with E-state index in [-0.39, 0.29) is 0 Å². The average molecular weight is 344 g/mol. The van der Waals surface area contributed by atoms with Crippen LogP contribution in [0, 0.1) is 12.8 Å². The maximum absolute atomic E-state index is 2.63. The van der Waals surface area contributed by atoms with Crippen molar-refractivity contribution in [2.24, 2.45) is 5.92 Å². The lowest BCUT2D eigenvalue weighted by Gasteiger charge is -2.31. The number of hydrogen-bond donors (Lipinski definition) is 0. The molecule has 1 aliphatic carbocycles. The molecule has 1 nitrogen and oxygen atoms in total. The van der Waals surface area contributed by atoms with Gasteiger partial charge in [0.25, 0.3) is 0 Å². The average Bonchev–Trinajstić information content (AvgIpc) is 2.70. The quantitative estimate of drug-likeness (QED) is 0.661. The van der Waals surface area contributed by atoms with E-state index in [0.29, 0.717) is 5.92 Å². The SMILES string of the molecule is Cc1ccccc1C1=CC(CN2CC=C(c3ccccc3)CC2)CCC1. The molecule has 0 amide bonds. The Kier molecular flexibility index (Phi) is 5.36. The molecule has 0 aromatic heterocycles. The van der Waals surface area contributed by atoms with E-state index in [1.54, 1.807) is 5.57 Å². The van der Waals surface area contributed by atoms with Gasteiger partial charge in [0, 0.05) is 19.6 Å². The van der Waals surface area contributed by atoms with Crippen LogP contribution in [0.3, 0.4) is 0 Å². The van der Waals surface area contributed by atoms with Gasteiger partial charge in [0.05, 0.1) is 0 Å². The Morgan fingerprint density at radius 3 is 2.50 bits per heavy atom. The van der Waals surface area contributed by atoms with Crippen molar-refractivity contribution in [3.8, 4) is 0 Å². The van der Waals surface area contributed by atoms with Crippen LogP contribution in [0.5, 0.6) is 0 Å².